The van der Waals surface area contributed by atoms with Crippen LogP contribution in [0.3, 0.4) is 0 Å². The van der Waals surface area contributed by atoms with Gasteiger partial charge in [-0.15, -0.1) is 0 Å². The zero-order chi connectivity index (χ0) is 15.7. The van der Waals surface area contributed by atoms with E-state index in [4.69, 9.17) is 4.74 Å². The minimum Gasteiger partial charge on any atom is -0.484 e. The number of ether oxygens (including phenoxy) is 1. The zero-order valence-corrected chi connectivity index (χ0v) is 13.4. The summed E-state index contributed by atoms with van der Waals surface area (Å²) in [5.74, 6) is 0.460. The number of carbonyl (C=O) groups is 1. The second kappa shape index (κ2) is 5.67. The molecule has 21 heavy (non-hydrogen) atoms. The van der Waals surface area contributed by atoms with Crippen LogP contribution >= 0.6 is 0 Å². The lowest BCUT2D eigenvalue weighted by atomic mass is 10.0. The van der Waals surface area contributed by atoms with Gasteiger partial charge in [-0.1, -0.05) is 6.07 Å². The Morgan fingerprint density at radius 2 is 2.05 bits per heavy atom. The molecule has 2 rings (SSSR count). The molecule has 1 atom stereocenters. The van der Waals surface area contributed by atoms with Crippen molar-refractivity contribution in [2.24, 2.45) is 0 Å². The van der Waals surface area contributed by atoms with Crippen LogP contribution in [0.15, 0.2) is 18.2 Å². The highest BCUT2D eigenvalue weighted by molar-refractivity contribution is 7.91. The molecular weight excluding hydrogens is 290 g/mol. The largest absolute Gasteiger partial charge is 0.484 e. The predicted octanol–water partition coefficient (Wildman–Crippen LogP) is 1.38. The number of nitrogens with one attached hydrogen (secondary N) is 1. The molecule has 116 valence electrons. The molecule has 1 fully saturated rings. The van der Waals surface area contributed by atoms with Gasteiger partial charge < -0.3 is 10.1 Å². The molecule has 1 unspecified atom stereocenters. The normalized spacial score (nSPS) is 23.8. The first-order valence-electron chi connectivity index (χ1n) is 6.91. The maximum absolute atomic E-state index is 11.9. The average Bonchev–Trinajstić information content (AvgIpc) is 2.65. The van der Waals surface area contributed by atoms with Crippen LogP contribution in [0.25, 0.3) is 0 Å². The van der Waals surface area contributed by atoms with Crippen LogP contribution in [-0.4, -0.2) is 38.0 Å². The van der Waals surface area contributed by atoms with Crippen molar-refractivity contribution in [3.05, 3.63) is 29.3 Å². The Bertz CT molecular complexity index is 654. The van der Waals surface area contributed by atoms with Gasteiger partial charge in [-0.3, -0.25) is 4.79 Å². The van der Waals surface area contributed by atoms with Gasteiger partial charge in [0.05, 0.1) is 17.0 Å². The Labute approximate surface area is 125 Å². The fourth-order valence-corrected chi connectivity index (χ4v) is 4.53. The molecule has 6 heteroatoms. The summed E-state index contributed by atoms with van der Waals surface area (Å²) >= 11 is 0. The number of rotatable bonds is 4. The third-order valence-electron chi connectivity index (χ3n) is 3.79. The molecule has 0 radical (unpaired) electrons. The zero-order valence-electron chi connectivity index (χ0n) is 12.6. The summed E-state index contributed by atoms with van der Waals surface area (Å²) in [6.07, 6.45) is 0.449. The molecule has 1 aliphatic heterocycles. The molecule has 1 saturated heterocycles. The maximum atomic E-state index is 11.9. The highest BCUT2D eigenvalue weighted by Gasteiger charge is 2.39. The van der Waals surface area contributed by atoms with Gasteiger partial charge in [-0.05, 0) is 50.5 Å². The van der Waals surface area contributed by atoms with E-state index in [0.717, 1.165) is 11.1 Å². The summed E-state index contributed by atoms with van der Waals surface area (Å²) in [6.45, 7) is 5.63. The second-order valence-corrected chi connectivity index (χ2v) is 8.17. The smallest absolute Gasteiger partial charge is 0.258 e. The highest BCUT2D eigenvalue weighted by atomic mass is 32.2. The monoisotopic (exact) mass is 311 g/mol. The third kappa shape index (κ3) is 4.20. The van der Waals surface area contributed by atoms with Crippen LogP contribution in [0.5, 0.6) is 5.75 Å². The lowest BCUT2D eigenvalue weighted by Gasteiger charge is -2.23. The molecule has 1 aromatic carbocycles. The van der Waals surface area contributed by atoms with Crippen LogP contribution in [0.4, 0.5) is 0 Å². The van der Waals surface area contributed by atoms with Crippen molar-refractivity contribution in [1.82, 2.24) is 5.32 Å². The third-order valence-corrected chi connectivity index (χ3v) is 5.70. The van der Waals surface area contributed by atoms with Gasteiger partial charge in [0.15, 0.2) is 16.4 Å². The van der Waals surface area contributed by atoms with Crippen molar-refractivity contribution < 1.29 is 17.9 Å². The van der Waals surface area contributed by atoms with E-state index in [1.807, 2.05) is 32.0 Å². The summed E-state index contributed by atoms with van der Waals surface area (Å²) in [5.41, 5.74) is 1.58. The standard InChI is InChI=1S/C15H21NO4S/c1-11-4-5-13(8-12(11)2)20-9-14(17)16-15(3)6-7-21(18,19)10-15/h4-5,8H,6-7,9-10H2,1-3H3,(H,16,17). The van der Waals surface area contributed by atoms with Crippen molar-refractivity contribution in [3.63, 3.8) is 0 Å². The lowest BCUT2D eigenvalue weighted by molar-refractivity contribution is -0.124. The second-order valence-electron chi connectivity index (χ2n) is 5.99. The van der Waals surface area contributed by atoms with E-state index in [9.17, 15) is 13.2 Å². The van der Waals surface area contributed by atoms with Gasteiger partial charge in [-0.2, -0.15) is 0 Å². The molecule has 1 N–H and O–H groups in total. The van der Waals surface area contributed by atoms with E-state index in [2.05, 4.69) is 5.32 Å². The van der Waals surface area contributed by atoms with Gasteiger partial charge in [0, 0.05) is 0 Å². The minimum atomic E-state index is -3.03. The number of carbonyl (C=O) groups excluding carboxylic acids is 1. The van der Waals surface area contributed by atoms with E-state index in [0.29, 0.717) is 12.2 Å². The average molecular weight is 311 g/mol. The van der Waals surface area contributed by atoms with Gasteiger partial charge in [0.2, 0.25) is 0 Å². The molecule has 0 bridgehead atoms. The van der Waals surface area contributed by atoms with E-state index in [1.165, 1.54) is 0 Å². The van der Waals surface area contributed by atoms with Crippen molar-refractivity contribution >= 4 is 15.7 Å². The summed E-state index contributed by atoms with van der Waals surface area (Å²) < 4.78 is 28.4. The van der Waals surface area contributed by atoms with Crippen LogP contribution in [-0.2, 0) is 14.6 Å². The summed E-state index contributed by atoms with van der Waals surface area (Å²) in [7, 11) is -3.03. The van der Waals surface area contributed by atoms with Crippen molar-refractivity contribution in [1.29, 1.82) is 0 Å². The number of amides is 1. The molecule has 1 amide bonds. The fraction of sp³-hybridized carbons (Fsp3) is 0.533. The first-order chi connectivity index (χ1) is 9.69. The van der Waals surface area contributed by atoms with E-state index in [-0.39, 0.29) is 24.0 Å². The van der Waals surface area contributed by atoms with Gasteiger partial charge >= 0.3 is 0 Å². The summed E-state index contributed by atoms with van der Waals surface area (Å²) in [5, 5.41) is 2.76. The van der Waals surface area contributed by atoms with E-state index >= 15 is 0 Å². The molecule has 1 aliphatic rings. The Kier molecular flexibility index (Phi) is 4.27. The van der Waals surface area contributed by atoms with Gasteiger partial charge in [0.1, 0.15) is 5.75 Å². The van der Waals surface area contributed by atoms with Crippen molar-refractivity contribution in [2.75, 3.05) is 18.1 Å². The number of sulfone groups is 1. The van der Waals surface area contributed by atoms with E-state index < -0.39 is 15.4 Å². The fourth-order valence-electron chi connectivity index (χ4n) is 2.43. The number of hydrogen-bond acceptors (Lipinski definition) is 4. The minimum absolute atomic E-state index is 0.00458. The summed E-state index contributed by atoms with van der Waals surface area (Å²) in [4.78, 5) is 11.9. The first-order valence-corrected chi connectivity index (χ1v) is 8.73. The Balaban J connectivity index is 1.89. The SMILES string of the molecule is Cc1ccc(OCC(=O)NC2(C)CCS(=O)(=O)C2)cc1C. The quantitative estimate of drug-likeness (QED) is 0.911. The molecule has 0 aromatic heterocycles. The van der Waals surface area contributed by atoms with Crippen molar-refractivity contribution in [3.8, 4) is 5.75 Å². The van der Waals surface area contributed by atoms with Gasteiger partial charge in [-0.25, -0.2) is 8.42 Å². The Morgan fingerprint density at radius 1 is 1.33 bits per heavy atom. The van der Waals surface area contributed by atoms with Crippen LogP contribution in [0, 0.1) is 13.8 Å². The molecule has 0 saturated carbocycles. The number of benzene rings is 1. The lowest BCUT2D eigenvalue weighted by Crippen LogP contribution is -2.48. The summed E-state index contributed by atoms with van der Waals surface area (Å²) in [6, 6.07) is 5.63. The molecular formula is C15H21NO4S. The Morgan fingerprint density at radius 3 is 2.62 bits per heavy atom. The number of hydrogen-bond donors (Lipinski definition) is 1. The molecule has 0 aliphatic carbocycles. The number of aryl methyl sites for hydroxylation is 2. The van der Waals surface area contributed by atoms with Crippen LogP contribution < -0.4 is 10.1 Å². The van der Waals surface area contributed by atoms with E-state index in [1.54, 1.807) is 6.92 Å². The highest BCUT2D eigenvalue weighted by Crippen LogP contribution is 2.22. The van der Waals surface area contributed by atoms with Gasteiger partial charge in [0.25, 0.3) is 5.91 Å². The topological polar surface area (TPSA) is 72.5 Å². The Hall–Kier alpha value is -1.56. The molecule has 0 spiro atoms. The predicted molar refractivity (Wildman–Crippen MR) is 81.2 cm³/mol. The molecule has 5 nitrogen and oxygen atoms in total. The van der Waals surface area contributed by atoms with Crippen molar-refractivity contribution in [2.45, 2.75) is 32.7 Å². The van der Waals surface area contributed by atoms with Crippen LogP contribution in [0.2, 0.25) is 0 Å². The first kappa shape index (κ1) is 15.8. The molecule has 1 heterocycles. The molecule has 1 aromatic rings. The maximum Gasteiger partial charge on any atom is 0.258 e. The van der Waals surface area contributed by atoms with Crippen LogP contribution in [0.1, 0.15) is 24.5 Å².